The van der Waals surface area contributed by atoms with Crippen molar-refractivity contribution in [2.45, 2.75) is 43.4 Å². The molecule has 1 rings (SSSR count). The number of amides is 3. The van der Waals surface area contributed by atoms with Crippen LogP contribution in [0.5, 0.6) is 0 Å². The minimum absolute atomic E-state index is 0.201. The predicted molar refractivity (Wildman–Crippen MR) is 101 cm³/mol. The third kappa shape index (κ3) is 6.62. The second-order valence-electron chi connectivity index (χ2n) is 6.40. The zero-order chi connectivity index (χ0) is 21.3. The van der Waals surface area contributed by atoms with E-state index in [1.54, 1.807) is 0 Å². The van der Waals surface area contributed by atoms with Crippen molar-refractivity contribution in [1.29, 1.82) is 0 Å². The van der Waals surface area contributed by atoms with Gasteiger partial charge in [0.1, 0.15) is 18.1 Å². The number of aliphatic hydroxyl groups is 2. The summed E-state index contributed by atoms with van der Waals surface area (Å²) in [6, 6.07) is -4.61. The summed E-state index contributed by atoms with van der Waals surface area (Å²) in [4.78, 5) is 49.2. The van der Waals surface area contributed by atoms with Crippen LogP contribution in [0.2, 0.25) is 0 Å². The van der Waals surface area contributed by atoms with Crippen LogP contribution in [0, 0.1) is 0 Å². The fourth-order valence-corrected chi connectivity index (χ4v) is 3.28. The number of thioether (sulfide) groups is 1. The molecule has 0 aromatic heterocycles. The fourth-order valence-electron chi connectivity index (χ4n) is 2.79. The number of aliphatic hydroxyl groups excluding tert-OH is 2. The molecule has 1 aliphatic heterocycles. The number of hydrogen-bond acceptors (Lipinski definition) is 8. The van der Waals surface area contributed by atoms with E-state index >= 15 is 0 Å². The van der Waals surface area contributed by atoms with Gasteiger partial charge in [-0.25, -0.2) is 4.79 Å². The average molecular weight is 420 g/mol. The molecule has 7 N–H and O–H groups in total. The summed E-state index contributed by atoms with van der Waals surface area (Å²) in [5.41, 5.74) is 5.71. The Bertz CT molecular complexity index is 577. The van der Waals surface area contributed by atoms with E-state index in [9.17, 15) is 34.5 Å². The lowest BCUT2D eigenvalue weighted by Gasteiger charge is -2.27. The smallest absolute Gasteiger partial charge is 0.326 e. The van der Waals surface area contributed by atoms with Gasteiger partial charge >= 0.3 is 5.97 Å². The highest BCUT2D eigenvalue weighted by Gasteiger charge is 2.38. The molecule has 28 heavy (non-hydrogen) atoms. The predicted octanol–water partition coefficient (Wildman–Crippen LogP) is -2.90. The van der Waals surface area contributed by atoms with Gasteiger partial charge in [-0.3, -0.25) is 14.4 Å². The normalized spacial score (nSPS) is 19.6. The fraction of sp³-hybridized carbons (Fsp3) is 0.750. The number of carboxylic acids is 1. The molecule has 0 saturated carbocycles. The van der Waals surface area contributed by atoms with Crippen LogP contribution in [0.4, 0.5) is 0 Å². The number of carbonyl (C=O) groups excluding carboxylic acids is 3. The molecular formula is C16H28N4O7S. The van der Waals surface area contributed by atoms with Crippen LogP contribution in [-0.2, 0) is 19.2 Å². The van der Waals surface area contributed by atoms with Gasteiger partial charge in [-0.15, -0.1) is 0 Å². The maximum atomic E-state index is 12.5. The number of aliphatic carboxylic acids is 1. The molecule has 4 unspecified atom stereocenters. The Labute approximate surface area is 167 Å². The van der Waals surface area contributed by atoms with Gasteiger partial charge in [0.25, 0.3) is 0 Å². The number of carboxylic acid groups (broad SMARTS) is 1. The summed E-state index contributed by atoms with van der Waals surface area (Å²) < 4.78 is 0. The first-order chi connectivity index (χ1) is 13.3. The molecule has 160 valence electrons. The summed E-state index contributed by atoms with van der Waals surface area (Å²) in [6.07, 6.45) is 3.03. The standard InChI is InChI=1S/C16H28N4O7S/c1-28-6-4-9(17)13(23)18-10(7-21)14(24)19-11(8-22)15(25)20-5-2-3-12(20)16(26)27/h9-12,21-22H,2-8,17H2,1H3,(H,18,23)(H,19,24)(H,26,27). The molecule has 1 fully saturated rings. The summed E-state index contributed by atoms with van der Waals surface area (Å²) in [5, 5.41) is 32.6. The number of nitrogens with two attached hydrogens (primary N) is 1. The zero-order valence-electron chi connectivity index (χ0n) is 15.7. The van der Waals surface area contributed by atoms with Gasteiger partial charge in [-0.05, 0) is 31.3 Å². The Hall–Kier alpha value is -1.89. The lowest BCUT2D eigenvalue weighted by atomic mass is 10.1. The molecule has 1 saturated heterocycles. The van der Waals surface area contributed by atoms with Gasteiger partial charge in [0, 0.05) is 6.54 Å². The molecule has 0 aliphatic carbocycles. The maximum absolute atomic E-state index is 12.5. The number of likely N-dealkylation sites (tertiary alicyclic amines) is 1. The van der Waals surface area contributed by atoms with E-state index < -0.39 is 61.1 Å². The van der Waals surface area contributed by atoms with Gasteiger partial charge in [0.15, 0.2) is 0 Å². The van der Waals surface area contributed by atoms with Crippen LogP contribution in [0.15, 0.2) is 0 Å². The Kier molecular flexibility index (Phi) is 10.2. The van der Waals surface area contributed by atoms with Crippen LogP contribution in [0.25, 0.3) is 0 Å². The summed E-state index contributed by atoms with van der Waals surface area (Å²) in [6.45, 7) is -1.29. The molecule has 1 aliphatic rings. The average Bonchev–Trinajstić information content (AvgIpc) is 3.17. The third-order valence-corrected chi connectivity index (χ3v) is 5.05. The van der Waals surface area contributed by atoms with E-state index in [0.717, 1.165) is 4.90 Å². The highest BCUT2D eigenvalue weighted by Crippen LogP contribution is 2.18. The first kappa shape index (κ1) is 24.1. The summed E-state index contributed by atoms with van der Waals surface area (Å²) >= 11 is 1.51. The Morgan fingerprint density at radius 3 is 2.29 bits per heavy atom. The molecule has 0 radical (unpaired) electrons. The lowest BCUT2D eigenvalue weighted by molar-refractivity contribution is -0.150. The van der Waals surface area contributed by atoms with Gasteiger partial charge in [-0.2, -0.15) is 11.8 Å². The van der Waals surface area contributed by atoms with Gasteiger partial charge in [0.2, 0.25) is 17.7 Å². The highest BCUT2D eigenvalue weighted by atomic mass is 32.2. The van der Waals surface area contributed by atoms with Crippen molar-refractivity contribution in [2.75, 3.05) is 31.8 Å². The summed E-state index contributed by atoms with van der Waals surface area (Å²) in [5.74, 6) is -2.76. The molecule has 0 bridgehead atoms. The van der Waals surface area contributed by atoms with Crippen LogP contribution >= 0.6 is 11.8 Å². The van der Waals surface area contributed by atoms with Crippen molar-refractivity contribution in [2.24, 2.45) is 5.73 Å². The van der Waals surface area contributed by atoms with Gasteiger partial charge in [-0.1, -0.05) is 0 Å². The molecule has 1 heterocycles. The second kappa shape index (κ2) is 11.8. The number of nitrogens with one attached hydrogen (secondary N) is 2. The molecule has 11 nitrogen and oxygen atoms in total. The molecule has 4 atom stereocenters. The first-order valence-corrected chi connectivity index (χ1v) is 10.3. The first-order valence-electron chi connectivity index (χ1n) is 8.87. The largest absolute Gasteiger partial charge is 0.480 e. The van der Waals surface area contributed by atoms with Crippen molar-refractivity contribution in [3.05, 3.63) is 0 Å². The van der Waals surface area contributed by atoms with Crippen molar-refractivity contribution in [3.63, 3.8) is 0 Å². The number of carbonyl (C=O) groups is 4. The minimum atomic E-state index is -1.39. The van der Waals surface area contributed by atoms with Crippen LogP contribution in [0.1, 0.15) is 19.3 Å². The highest BCUT2D eigenvalue weighted by molar-refractivity contribution is 7.98. The maximum Gasteiger partial charge on any atom is 0.326 e. The Balaban J connectivity index is 2.71. The number of rotatable bonds is 11. The van der Waals surface area contributed by atoms with E-state index in [2.05, 4.69) is 10.6 Å². The Morgan fingerprint density at radius 1 is 1.14 bits per heavy atom. The van der Waals surface area contributed by atoms with Crippen LogP contribution in [0.3, 0.4) is 0 Å². The molecular weight excluding hydrogens is 392 g/mol. The van der Waals surface area contributed by atoms with E-state index in [1.807, 2.05) is 6.26 Å². The minimum Gasteiger partial charge on any atom is -0.480 e. The second-order valence-corrected chi connectivity index (χ2v) is 7.39. The molecule has 0 aromatic carbocycles. The summed E-state index contributed by atoms with van der Waals surface area (Å²) in [7, 11) is 0. The van der Waals surface area contributed by atoms with Crippen molar-refractivity contribution >= 4 is 35.5 Å². The zero-order valence-corrected chi connectivity index (χ0v) is 16.5. The van der Waals surface area contributed by atoms with Gasteiger partial charge < -0.3 is 36.6 Å². The topological polar surface area (TPSA) is 182 Å². The van der Waals surface area contributed by atoms with Crippen LogP contribution in [-0.4, -0.2) is 99.8 Å². The van der Waals surface area contributed by atoms with Crippen LogP contribution < -0.4 is 16.4 Å². The Morgan fingerprint density at radius 2 is 1.75 bits per heavy atom. The third-order valence-electron chi connectivity index (χ3n) is 4.40. The quantitative estimate of drug-likeness (QED) is 0.204. The molecule has 0 spiro atoms. The SMILES string of the molecule is CSCCC(N)C(=O)NC(CO)C(=O)NC(CO)C(=O)N1CCCC1C(=O)O. The monoisotopic (exact) mass is 420 g/mol. The number of hydrogen-bond donors (Lipinski definition) is 6. The molecule has 3 amide bonds. The number of nitrogens with zero attached hydrogens (tertiary/aromatic N) is 1. The van der Waals surface area contributed by atoms with Crippen molar-refractivity contribution in [1.82, 2.24) is 15.5 Å². The van der Waals surface area contributed by atoms with E-state index in [4.69, 9.17) is 5.73 Å². The van der Waals surface area contributed by atoms with E-state index in [-0.39, 0.29) is 13.0 Å². The molecule has 0 aromatic rings. The van der Waals surface area contributed by atoms with E-state index in [1.165, 1.54) is 11.8 Å². The molecule has 12 heteroatoms. The lowest BCUT2D eigenvalue weighted by Crippen LogP contribution is -2.59. The van der Waals surface area contributed by atoms with Gasteiger partial charge in [0.05, 0.1) is 19.3 Å². The van der Waals surface area contributed by atoms with Crippen molar-refractivity contribution in [3.8, 4) is 0 Å². The van der Waals surface area contributed by atoms with Crippen molar-refractivity contribution < 1.29 is 34.5 Å². The van der Waals surface area contributed by atoms with E-state index in [0.29, 0.717) is 18.6 Å².